The standard InChI is InChI=1S/C13H18FNO2/c1-2-3-4-5-6-12(16)10-7-9(14)8-11(15)13(10)17/h7-8,17H,2-6,15H2,1H3. The molecule has 0 heterocycles. The van der Waals surface area contributed by atoms with Crippen LogP contribution in [0.15, 0.2) is 12.1 Å². The van der Waals surface area contributed by atoms with Gasteiger partial charge in [-0.25, -0.2) is 4.39 Å². The van der Waals surface area contributed by atoms with Gasteiger partial charge in [-0.15, -0.1) is 0 Å². The summed E-state index contributed by atoms with van der Waals surface area (Å²) in [6.45, 7) is 2.08. The number of unbranched alkanes of at least 4 members (excludes halogenated alkanes) is 3. The second-order valence-corrected chi connectivity index (χ2v) is 4.13. The van der Waals surface area contributed by atoms with Gasteiger partial charge in [-0.2, -0.15) is 0 Å². The number of anilines is 1. The van der Waals surface area contributed by atoms with E-state index in [9.17, 15) is 14.3 Å². The van der Waals surface area contributed by atoms with Crippen LogP contribution in [0, 0.1) is 5.82 Å². The molecular weight excluding hydrogens is 221 g/mol. The fourth-order valence-corrected chi connectivity index (χ4v) is 1.68. The van der Waals surface area contributed by atoms with E-state index in [2.05, 4.69) is 6.92 Å². The molecule has 0 aromatic heterocycles. The van der Waals surface area contributed by atoms with Crippen LogP contribution in [0.5, 0.6) is 5.75 Å². The van der Waals surface area contributed by atoms with Gasteiger partial charge in [-0.05, 0) is 12.5 Å². The topological polar surface area (TPSA) is 63.3 Å². The average Bonchev–Trinajstić information content (AvgIpc) is 2.29. The minimum absolute atomic E-state index is 0.0148. The molecule has 0 aliphatic carbocycles. The van der Waals surface area contributed by atoms with Crippen LogP contribution in [0.4, 0.5) is 10.1 Å². The van der Waals surface area contributed by atoms with E-state index in [4.69, 9.17) is 5.73 Å². The number of rotatable bonds is 6. The lowest BCUT2D eigenvalue weighted by Crippen LogP contribution is -2.02. The summed E-state index contributed by atoms with van der Waals surface area (Å²) in [6.07, 6.45) is 4.20. The molecule has 17 heavy (non-hydrogen) atoms. The molecule has 0 atom stereocenters. The van der Waals surface area contributed by atoms with Crippen molar-refractivity contribution in [3.05, 3.63) is 23.5 Å². The van der Waals surface area contributed by atoms with Crippen LogP contribution in [-0.2, 0) is 0 Å². The number of aromatic hydroxyl groups is 1. The Hall–Kier alpha value is -1.58. The highest BCUT2D eigenvalue weighted by atomic mass is 19.1. The molecule has 4 heteroatoms. The number of Topliss-reactive ketones (excluding diaryl/α,β-unsaturated/α-hetero) is 1. The van der Waals surface area contributed by atoms with Gasteiger partial charge >= 0.3 is 0 Å². The van der Waals surface area contributed by atoms with Crippen LogP contribution in [-0.4, -0.2) is 10.9 Å². The molecule has 0 bridgehead atoms. The second-order valence-electron chi connectivity index (χ2n) is 4.13. The van der Waals surface area contributed by atoms with Gasteiger partial charge in [0, 0.05) is 12.5 Å². The van der Waals surface area contributed by atoms with Gasteiger partial charge in [-0.1, -0.05) is 26.2 Å². The Kier molecular flexibility index (Phi) is 4.94. The van der Waals surface area contributed by atoms with Crippen molar-refractivity contribution < 1.29 is 14.3 Å². The number of hydrogen-bond acceptors (Lipinski definition) is 3. The Morgan fingerprint density at radius 3 is 2.71 bits per heavy atom. The maximum absolute atomic E-state index is 13.1. The van der Waals surface area contributed by atoms with Gasteiger partial charge in [0.2, 0.25) is 0 Å². The maximum Gasteiger partial charge on any atom is 0.166 e. The molecule has 0 amide bonds. The first-order valence-electron chi connectivity index (χ1n) is 5.87. The summed E-state index contributed by atoms with van der Waals surface area (Å²) in [5.74, 6) is -1.17. The van der Waals surface area contributed by atoms with Crippen molar-refractivity contribution in [3.8, 4) is 5.75 Å². The number of carbonyl (C=O) groups is 1. The lowest BCUT2D eigenvalue weighted by molar-refractivity contribution is 0.0976. The molecule has 3 N–H and O–H groups in total. The minimum Gasteiger partial charge on any atom is -0.505 e. The number of phenols is 1. The number of hydrogen-bond donors (Lipinski definition) is 2. The second kappa shape index (κ2) is 6.23. The molecule has 1 aromatic carbocycles. The van der Waals surface area contributed by atoms with E-state index in [1.165, 1.54) is 0 Å². The predicted octanol–water partition coefficient (Wildman–Crippen LogP) is 3.27. The largest absolute Gasteiger partial charge is 0.505 e. The highest BCUT2D eigenvalue weighted by molar-refractivity contribution is 6.00. The summed E-state index contributed by atoms with van der Waals surface area (Å²) >= 11 is 0. The van der Waals surface area contributed by atoms with E-state index in [-0.39, 0.29) is 22.8 Å². The third-order valence-electron chi connectivity index (χ3n) is 2.66. The van der Waals surface area contributed by atoms with E-state index < -0.39 is 5.82 Å². The Bertz CT molecular complexity index is 405. The smallest absolute Gasteiger partial charge is 0.166 e. The quantitative estimate of drug-likeness (QED) is 0.346. The van der Waals surface area contributed by atoms with E-state index >= 15 is 0 Å². The van der Waals surface area contributed by atoms with Crippen molar-refractivity contribution in [1.82, 2.24) is 0 Å². The number of benzene rings is 1. The van der Waals surface area contributed by atoms with Crippen LogP contribution < -0.4 is 5.73 Å². The van der Waals surface area contributed by atoms with Gasteiger partial charge < -0.3 is 10.8 Å². The molecule has 0 spiro atoms. The van der Waals surface area contributed by atoms with Crippen LogP contribution in [0.2, 0.25) is 0 Å². The predicted molar refractivity (Wildman–Crippen MR) is 65.6 cm³/mol. The minimum atomic E-state index is -0.600. The molecule has 0 saturated heterocycles. The normalized spacial score (nSPS) is 10.5. The van der Waals surface area contributed by atoms with Crippen LogP contribution in [0.3, 0.4) is 0 Å². The van der Waals surface area contributed by atoms with Gasteiger partial charge in [0.15, 0.2) is 5.78 Å². The van der Waals surface area contributed by atoms with Crippen molar-refractivity contribution in [3.63, 3.8) is 0 Å². The van der Waals surface area contributed by atoms with Crippen LogP contribution in [0.25, 0.3) is 0 Å². The molecule has 0 aliphatic heterocycles. The summed E-state index contributed by atoms with van der Waals surface area (Å²) in [6, 6.07) is 2.04. The van der Waals surface area contributed by atoms with Crippen molar-refractivity contribution in [2.45, 2.75) is 39.0 Å². The molecule has 0 aliphatic rings. The molecule has 3 nitrogen and oxygen atoms in total. The Balaban J connectivity index is 2.69. The average molecular weight is 239 g/mol. The zero-order valence-corrected chi connectivity index (χ0v) is 10.0. The number of ketones is 1. The number of nitrogens with two attached hydrogens (primary N) is 1. The van der Waals surface area contributed by atoms with E-state index in [1.54, 1.807) is 0 Å². The first-order valence-corrected chi connectivity index (χ1v) is 5.87. The Labute approximate surface area is 100 Å². The number of carbonyl (C=O) groups excluding carboxylic acids is 1. The lowest BCUT2D eigenvalue weighted by Gasteiger charge is -2.06. The van der Waals surface area contributed by atoms with Gasteiger partial charge in [-0.3, -0.25) is 4.79 Å². The zero-order chi connectivity index (χ0) is 12.8. The van der Waals surface area contributed by atoms with Crippen LogP contribution in [0.1, 0.15) is 49.4 Å². The summed E-state index contributed by atoms with van der Waals surface area (Å²) in [5, 5.41) is 9.58. The molecule has 0 fully saturated rings. The molecule has 0 saturated carbocycles. The molecule has 0 radical (unpaired) electrons. The molecular formula is C13H18FNO2. The monoisotopic (exact) mass is 239 g/mol. The van der Waals surface area contributed by atoms with E-state index in [0.29, 0.717) is 6.42 Å². The van der Waals surface area contributed by atoms with E-state index in [0.717, 1.165) is 37.8 Å². The van der Waals surface area contributed by atoms with Gasteiger partial charge in [0.1, 0.15) is 11.6 Å². The SMILES string of the molecule is CCCCCCC(=O)c1cc(F)cc(N)c1O. The third-order valence-corrected chi connectivity index (χ3v) is 2.66. The van der Waals surface area contributed by atoms with Gasteiger partial charge in [0.05, 0.1) is 11.3 Å². The number of phenolic OH excluding ortho intramolecular Hbond substituents is 1. The third kappa shape index (κ3) is 3.73. The van der Waals surface area contributed by atoms with Gasteiger partial charge in [0.25, 0.3) is 0 Å². The first kappa shape index (κ1) is 13.5. The molecule has 1 rings (SSSR count). The highest BCUT2D eigenvalue weighted by Gasteiger charge is 2.14. The van der Waals surface area contributed by atoms with Crippen molar-refractivity contribution in [1.29, 1.82) is 0 Å². The van der Waals surface area contributed by atoms with Crippen LogP contribution >= 0.6 is 0 Å². The summed E-state index contributed by atoms with van der Waals surface area (Å²) in [7, 11) is 0. The Morgan fingerprint density at radius 2 is 2.06 bits per heavy atom. The zero-order valence-electron chi connectivity index (χ0n) is 10.0. The number of nitrogen functional groups attached to an aromatic ring is 1. The summed E-state index contributed by atoms with van der Waals surface area (Å²) < 4.78 is 13.1. The molecule has 1 aromatic rings. The first-order chi connectivity index (χ1) is 8.06. The summed E-state index contributed by atoms with van der Waals surface area (Å²) in [4.78, 5) is 11.8. The molecule has 94 valence electrons. The highest BCUT2D eigenvalue weighted by Crippen LogP contribution is 2.27. The number of halogens is 1. The summed E-state index contributed by atoms with van der Waals surface area (Å²) in [5.41, 5.74) is 5.28. The fraction of sp³-hybridized carbons (Fsp3) is 0.462. The van der Waals surface area contributed by atoms with E-state index in [1.807, 2.05) is 0 Å². The lowest BCUT2D eigenvalue weighted by atomic mass is 10.0. The molecule has 0 unspecified atom stereocenters. The Morgan fingerprint density at radius 1 is 1.35 bits per heavy atom. The van der Waals surface area contributed by atoms with Crippen molar-refractivity contribution in [2.75, 3.05) is 5.73 Å². The van der Waals surface area contributed by atoms with Crippen molar-refractivity contribution in [2.24, 2.45) is 0 Å². The fourth-order valence-electron chi connectivity index (χ4n) is 1.68. The maximum atomic E-state index is 13.1. The van der Waals surface area contributed by atoms with Crippen molar-refractivity contribution >= 4 is 11.5 Å².